The first kappa shape index (κ1) is 11.1. The van der Waals surface area contributed by atoms with E-state index in [0.717, 1.165) is 11.5 Å². The first-order chi connectivity index (χ1) is 8.86. The minimum absolute atomic E-state index is 0.557. The lowest BCUT2D eigenvalue weighted by molar-refractivity contribution is 0.695. The van der Waals surface area contributed by atoms with Crippen LogP contribution in [0.5, 0.6) is 0 Å². The minimum Gasteiger partial charge on any atom is -0.373 e. The lowest BCUT2D eigenvalue weighted by Gasteiger charge is -2.11. The predicted octanol–water partition coefficient (Wildman–Crippen LogP) is 1.96. The maximum Gasteiger partial charge on any atom is 0.199 e. The zero-order valence-corrected chi connectivity index (χ0v) is 10.3. The molecule has 0 spiro atoms. The maximum absolute atomic E-state index is 4.62. The molecular formula is C12H16N6. The van der Waals surface area contributed by atoms with Gasteiger partial charge in [-0.15, -0.1) is 0 Å². The molecule has 1 saturated carbocycles. The summed E-state index contributed by atoms with van der Waals surface area (Å²) < 4.78 is 0. The number of hydrogen-bond acceptors (Lipinski definition) is 5. The Morgan fingerprint density at radius 1 is 1.28 bits per heavy atom. The van der Waals surface area contributed by atoms with Crippen molar-refractivity contribution in [1.29, 1.82) is 0 Å². The van der Waals surface area contributed by atoms with E-state index in [1.807, 2.05) is 13.1 Å². The molecular weight excluding hydrogens is 228 g/mol. The van der Waals surface area contributed by atoms with Crippen molar-refractivity contribution in [3.8, 4) is 11.6 Å². The fourth-order valence-electron chi connectivity index (χ4n) is 2.44. The topological polar surface area (TPSA) is 79.4 Å². The third-order valence-electron chi connectivity index (χ3n) is 3.40. The molecule has 0 radical (unpaired) electrons. The number of nitrogens with zero attached hydrogens (tertiary/aromatic N) is 4. The van der Waals surface area contributed by atoms with Crippen molar-refractivity contribution < 1.29 is 0 Å². The van der Waals surface area contributed by atoms with Gasteiger partial charge in [-0.1, -0.05) is 12.8 Å². The second kappa shape index (κ2) is 4.72. The zero-order chi connectivity index (χ0) is 12.4. The van der Waals surface area contributed by atoms with Crippen LogP contribution in [0, 0.1) is 0 Å². The van der Waals surface area contributed by atoms with E-state index in [1.54, 1.807) is 0 Å². The number of aromatic amines is 1. The van der Waals surface area contributed by atoms with Gasteiger partial charge in [0.05, 0.1) is 0 Å². The van der Waals surface area contributed by atoms with E-state index in [2.05, 4.69) is 30.5 Å². The minimum atomic E-state index is 0.557. The van der Waals surface area contributed by atoms with Crippen LogP contribution in [0.4, 0.5) is 5.82 Å². The molecule has 0 bridgehead atoms. The third-order valence-corrected chi connectivity index (χ3v) is 3.40. The molecule has 0 aliphatic heterocycles. The second-order valence-corrected chi connectivity index (χ2v) is 4.57. The SMILES string of the molecule is CNc1cc(C2CCCC2)nc(-c2ncn[nH]2)n1. The molecule has 1 aliphatic carbocycles. The Bertz CT molecular complexity index is 515. The number of rotatable bonds is 3. The lowest BCUT2D eigenvalue weighted by atomic mass is 10.0. The molecule has 0 aromatic carbocycles. The number of hydrogen-bond donors (Lipinski definition) is 2. The van der Waals surface area contributed by atoms with Crippen molar-refractivity contribution in [1.82, 2.24) is 25.1 Å². The van der Waals surface area contributed by atoms with Crippen LogP contribution in [0.1, 0.15) is 37.3 Å². The highest BCUT2D eigenvalue weighted by Gasteiger charge is 2.20. The first-order valence-electron chi connectivity index (χ1n) is 6.29. The van der Waals surface area contributed by atoms with Gasteiger partial charge in [0.2, 0.25) is 0 Å². The monoisotopic (exact) mass is 244 g/mol. The summed E-state index contributed by atoms with van der Waals surface area (Å²) >= 11 is 0. The quantitative estimate of drug-likeness (QED) is 0.862. The summed E-state index contributed by atoms with van der Waals surface area (Å²) in [6.45, 7) is 0. The van der Waals surface area contributed by atoms with Crippen molar-refractivity contribution in [3.63, 3.8) is 0 Å². The highest BCUT2D eigenvalue weighted by atomic mass is 15.2. The number of H-pyrrole nitrogens is 1. The van der Waals surface area contributed by atoms with Gasteiger partial charge in [0.1, 0.15) is 12.1 Å². The average Bonchev–Trinajstić information content (AvgIpc) is 3.10. The fourth-order valence-corrected chi connectivity index (χ4v) is 2.44. The average molecular weight is 244 g/mol. The van der Waals surface area contributed by atoms with Gasteiger partial charge in [0.25, 0.3) is 0 Å². The van der Waals surface area contributed by atoms with Crippen molar-refractivity contribution >= 4 is 5.82 Å². The number of nitrogens with one attached hydrogen (secondary N) is 2. The van der Waals surface area contributed by atoms with Crippen molar-refractivity contribution in [2.45, 2.75) is 31.6 Å². The van der Waals surface area contributed by atoms with Gasteiger partial charge in [-0.05, 0) is 12.8 Å². The molecule has 3 rings (SSSR count). The Balaban J connectivity index is 2.01. The maximum atomic E-state index is 4.62. The molecule has 2 N–H and O–H groups in total. The summed E-state index contributed by atoms with van der Waals surface area (Å²) in [7, 11) is 1.87. The number of aromatic nitrogens is 5. The smallest absolute Gasteiger partial charge is 0.199 e. The molecule has 94 valence electrons. The Morgan fingerprint density at radius 2 is 2.11 bits per heavy atom. The molecule has 2 aromatic heterocycles. The Kier molecular flexibility index (Phi) is 2.92. The Hall–Kier alpha value is -1.98. The van der Waals surface area contributed by atoms with E-state index < -0.39 is 0 Å². The van der Waals surface area contributed by atoms with Crippen LogP contribution in [-0.2, 0) is 0 Å². The van der Waals surface area contributed by atoms with E-state index >= 15 is 0 Å². The number of anilines is 1. The van der Waals surface area contributed by atoms with Crippen LogP contribution in [0.15, 0.2) is 12.4 Å². The van der Waals surface area contributed by atoms with Crippen LogP contribution in [0.25, 0.3) is 11.6 Å². The molecule has 18 heavy (non-hydrogen) atoms. The molecule has 2 heterocycles. The predicted molar refractivity (Wildman–Crippen MR) is 68.2 cm³/mol. The molecule has 6 heteroatoms. The molecule has 0 unspecified atom stereocenters. The normalized spacial score (nSPS) is 16.1. The standard InChI is InChI=1S/C12H16N6/c1-13-10-6-9(8-4-2-3-5-8)16-12(17-10)11-14-7-15-18-11/h6-8H,2-5H2,1H3,(H,13,16,17)(H,14,15,18). The van der Waals surface area contributed by atoms with Gasteiger partial charge in [0, 0.05) is 24.7 Å². The molecule has 6 nitrogen and oxygen atoms in total. The summed E-state index contributed by atoms with van der Waals surface area (Å²) in [5.74, 6) is 2.62. The van der Waals surface area contributed by atoms with E-state index in [0.29, 0.717) is 17.6 Å². The van der Waals surface area contributed by atoms with Crippen molar-refractivity contribution in [2.75, 3.05) is 12.4 Å². The van der Waals surface area contributed by atoms with Crippen molar-refractivity contribution in [2.24, 2.45) is 0 Å². The van der Waals surface area contributed by atoms with Gasteiger partial charge in [0.15, 0.2) is 11.6 Å². The molecule has 1 fully saturated rings. The van der Waals surface area contributed by atoms with Gasteiger partial charge in [-0.3, -0.25) is 5.10 Å². The summed E-state index contributed by atoms with van der Waals surface area (Å²) in [5.41, 5.74) is 1.11. The lowest BCUT2D eigenvalue weighted by Crippen LogP contribution is -2.04. The first-order valence-corrected chi connectivity index (χ1v) is 6.29. The van der Waals surface area contributed by atoms with Crippen LogP contribution in [-0.4, -0.2) is 32.2 Å². The van der Waals surface area contributed by atoms with Crippen LogP contribution in [0.2, 0.25) is 0 Å². The molecule has 1 aliphatic rings. The summed E-state index contributed by atoms with van der Waals surface area (Å²) in [6.07, 6.45) is 6.49. The highest BCUT2D eigenvalue weighted by molar-refractivity contribution is 5.49. The van der Waals surface area contributed by atoms with E-state index in [-0.39, 0.29) is 0 Å². The molecule has 0 atom stereocenters. The van der Waals surface area contributed by atoms with Gasteiger partial charge < -0.3 is 5.32 Å². The Morgan fingerprint density at radius 3 is 2.78 bits per heavy atom. The van der Waals surface area contributed by atoms with E-state index in [1.165, 1.54) is 32.0 Å². The van der Waals surface area contributed by atoms with Crippen LogP contribution in [0.3, 0.4) is 0 Å². The van der Waals surface area contributed by atoms with Gasteiger partial charge in [-0.25, -0.2) is 15.0 Å². The largest absolute Gasteiger partial charge is 0.373 e. The van der Waals surface area contributed by atoms with Gasteiger partial charge >= 0.3 is 0 Å². The zero-order valence-electron chi connectivity index (χ0n) is 10.3. The summed E-state index contributed by atoms with van der Waals surface area (Å²) in [5, 5.41) is 9.73. The fraction of sp³-hybridized carbons (Fsp3) is 0.500. The van der Waals surface area contributed by atoms with E-state index in [9.17, 15) is 0 Å². The molecule has 0 saturated heterocycles. The second-order valence-electron chi connectivity index (χ2n) is 4.57. The summed E-state index contributed by atoms with van der Waals surface area (Å²) in [6, 6.07) is 2.04. The highest BCUT2D eigenvalue weighted by Crippen LogP contribution is 2.34. The molecule has 0 amide bonds. The molecule has 2 aromatic rings. The summed E-state index contributed by atoms with van der Waals surface area (Å²) in [4.78, 5) is 13.1. The van der Waals surface area contributed by atoms with Gasteiger partial charge in [-0.2, -0.15) is 5.10 Å². The Labute approximate surface area is 105 Å². The third kappa shape index (κ3) is 2.05. The van der Waals surface area contributed by atoms with Crippen LogP contribution < -0.4 is 5.32 Å². The van der Waals surface area contributed by atoms with E-state index in [4.69, 9.17) is 0 Å². The van der Waals surface area contributed by atoms with Crippen molar-refractivity contribution in [3.05, 3.63) is 18.1 Å². The van der Waals surface area contributed by atoms with Crippen LogP contribution >= 0.6 is 0 Å².